The lowest BCUT2D eigenvalue weighted by atomic mass is 10.1. The molecule has 0 radical (unpaired) electrons. The normalized spacial score (nSPS) is 17.5. The second kappa shape index (κ2) is 9.23. The summed E-state index contributed by atoms with van der Waals surface area (Å²) in [4.78, 5) is 23.8. The molecule has 7 nitrogen and oxygen atoms in total. The standard InChI is InChI=1S/C21H25N3O4/c1-2-22-19(26)13-28-16-8-5-6-14(10-16)12-23-21(27)24-20-17-9-4-3-7-15(17)11-18(20)25/h3-10,18,20,25H,2,11-13H2,1H3,(H,22,26)(H2,23,24,27)/t18-,20+/m0/s1. The van der Waals surface area contributed by atoms with Crippen LogP contribution >= 0.6 is 0 Å². The Morgan fingerprint density at radius 3 is 2.79 bits per heavy atom. The van der Waals surface area contributed by atoms with Crippen LogP contribution in [0.25, 0.3) is 0 Å². The number of hydrogen-bond donors (Lipinski definition) is 4. The number of aliphatic hydroxyl groups is 1. The minimum Gasteiger partial charge on any atom is -0.484 e. The van der Waals surface area contributed by atoms with Crippen LogP contribution in [0.1, 0.15) is 29.7 Å². The molecular weight excluding hydrogens is 358 g/mol. The lowest BCUT2D eigenvalue weighted by molar-refractivity contribution is -0.122. The van der Waals surface area contributed by atoms with Crippen LogP contribution in [-0.2, 0) is 17.8 Å². The number of likely N-dealkylation sites (N-methyl/N-ethyl adjacent to an activating group) is 1. The summed E-state index contributed by atoms with van der Waals surface area (Å²) >= 11 is 0. The van der Waals surface area contributed by atoms with Crippen LogP contribution in [0.2, 0.25) is 0 Å². The molecule has 1 aliphatic rings. The Morgan fingerprint density at radius 1 is 1.14 bits per heavy atom. The van der Waals surface area contributed by atoms with E-state index in [-0.39, 0.29) is 18.5 Å². The van der Waals surface area contributed by atoms with Gasteiger partial charge < -0.3 is 25.8 Å². The summed E-state index contributed by atoms with van der Waals surface area (Å²) in [6.07, 6.45) is -0.0966. The molecule has 0 unspecified atom stereocenters. The highest BCUT2D eigenvalue weighted by atomic mass is 16.5. The Labute approximate surface area is 164 Å². The molecular formula is C21H25N3O4. The Kier molecular flexibility index (Phi) is 6.49. The first-order valence-corrected chi connectivity index (χ1v) is 9.35. The lowest BCUT2D eigenvalue weighted by Gasteiger charge is -2.18. The molecule has 0 aliphatic heterocycles. The number of hydrogen-bond acceptors (Lipinski definition) is 4. The largest absolute Gasteiger partial charge is 0.484 e. The monoisotopic (exact) mass is 383 g/mol. The molecule has 1 aliphatic carbocycles. The number of carbonyl (C=O) groups is 2. The number of benzene rings is 2. The van der Waals surface area contributed by atoms with Crippen molar-refractivity contribution in [1.29, 1.82) is 0 Å². The predicted octanol–water partition coefficient (Wildman–Crippen LogP) is 1.66. The molecule has 0 fully saturated rings. The summed E-state index contributed by atoms with van der Waals surface area (Å²) in [6.45, 7) is 2.65. The number of ether oxygens (including phenoxy) is 1. The Hall–Kier alpha value is -3.06. The van der Waals surface area contributed by atoms with Crippen molar-refractivity contribution in [3.05, 3.63) is 65.2 Å². The first kappa shape index (κ1) is 19.7. The van der Waals surface area contributed by atoms with Gasteiger partial charge in [0.15, 0.2) is 6.61 Å². The second-order valence-corrected chi connectivity index (χ2v) is 6.66. The van der Waals surface area contributed by atoms with E-state index >= 15 is 0 Å². The molecule has 4 N–H and O–H groups in total. The highest BCUT2D eigenvalue weighted by Crippen LogP contribution is 2.31. The maximum atomic E-state index is 12.3. The molecule has 2 aromatic rings. The molecule has 2 aromatic carbocycles. The van der Waals surface area contributed by atoms with Gasteiger partial charge in [0, 0.05) is 19.5 Å². The first-order chi connectivity index (χ1) is 13.6. The van der Waals surface area contributed by atoms with Crippen LogP contribution in [0.4, 0.5) is 4.79 Å². The Balaban J connectivity index is 1.51. The molecule has 0 bridgehead atoms. The van der Waals surface area contributed by atoms with E-state index in [1.807, 2.05) is 37.3 Å². The molecule has 28 heavy (non-hydrogen) atoms. The van der Waals surface area contributed by atoms with Crippen LogP contribution in [0, 0.1) is 0 Å². The van der Waals surface area contributed by atoms with Crippen molar-refractivity contribution in [3.63, 3.8) is 0 Å². The zero-order valence-corrected chi connectivity index (χ0v) is 15.8. The van der Waals surface area contributed by atoms with Crippen molar-refractivity contribution < 1.29 is 19.4 Å². The van der Waals surface area contributed by atoms with E-state index in [0.29, 0.717) is 25.3 Å². The van der Waals surface area contributed by atoms with Gasteiger partial charge in [-0.3, -0.25) is 4.79 Å². The van der Waals surface area contributed by atoms with Gasteiger partial charge in [0.2, 0.25) is 0 Å². The fraction of sp³-hybridized carbons (Fsp3) is 0.333. The minimum absolute atomic E-state index is 0.0514. The zero-order valence-electron chi connectivity index (χ0n) is 15.8. The van der Waals surface area contributed by atoms with E-state index in [1.54, 1.807) is 18.2 Å². The molecule has 0 spiro atoms. The van der Waals surface area contributed by atoms with Gasteiger partial charge in [-0.1, -0.05) is 36.4 Å². The SMILES string of the molecule is CCNC(=O)COc1cccc(CNC(=O)N[C@@H]2c3ccccc3C[C@@H]2O)c1. The van der Waals surface area contributed by atoms with Crippen molar-refractivity contribution >= 4 is 11.9 Å². The second-order valence-electron chi connectivity index (χ2n) is 6.66. The molecule has 0 aromatic heterocycles. The number of nitrogens with one attached hydrogen (secondary N) is 3. The summed E-state index contributed by atoms with van der Waals surface area (Å²) in [5, 5.41) is 18.5. The van der Waals surface area contributed by atoms with E-state index in [2.05, 4.69) is 16.0 Å². The fourth-order valence-electron chi connectivity index (χ4n) is 3.26. The van der Waals surface area contributed by atoms with E-state index in [9.17, 15) is 14.7 Å². The molecule has 0 heterocycles. The highest BCUT2D eigenvalue weighted by molar-refractivity contribution is 5.77. The third-order valence-electron chi connectivity index (χ3n) is 4.59. The van der Waals surface area contributed by atoms with Crippen LogP contribution in [0.15, 0.2) is 48.5 Å². The number of carbonyl (C=O) groups excluding carboxylic acids is 2. The summed E-state index contributed by atoms with van der Waals surface area (Å²) in [7, 11) is 0. The van der Waals surface area contributed by atoms with E-state index in [4.69, 9.17) is 4.74 Å². The van der Waals surface area contributed by atoms with E-state index in [0.717, 1.165) is 16.7 Å². The maximum absolute atomic E-state index is 12.3. The first-order valence-electron chi connectivity index (χ1n) is 9.35. The van der Waals surface area contributed by atoms with Crippen molar-refractivity contribution in [3.8, 4) is 5.75 Å². The van der Waals surface area contributed by atoms with E-state index < -0.39 is 12.1 Å². The van der Waals surface area contributed by atoms with Crippen LogP contribution in [-0.4, -0.2) is 36.3 Å². The zero-order chi connectivity index (χ0) is 19.9. The number of fused-ring (bicyclic) bond motifs is 1. The average Bonchev–Trinajstić information content (AvgIpc) is 3.01. The Bertz CT molecular complexity index is 840. The van der Waals surface area contributed by atoms with Crippen molar-refractivity contribution in [2.75, 3.05) is 13.2 Å². The van der Waals surface area contributed by atoms with Gasteiger partial charge in [0.05, 0.1) is 12.1 Å². The van der Waals surface area contributed by atoms with Gasteiger partial charge in [-0.15, -0.1) is 0 Å². The topological polar surface area (TPSA) is 99.7 Å². The van der Waals surface area contributed by atoms with E-state index in [1.165, 1.54) is 0 Å². The molecule has 7 heteroatoms. The molecule has 3 rings (SSSR count). The maximum Gasteiger partial charge on any atom is 0.315 e. The number of aliphatic hydroxyl groups excluding tert-OH is 1. The van der Waals surface area contributed by atoms with Gasteiger partial charge in [0.1, 0.15) is 5.75 Å². The summed E-state index contributed by atoms with van der Waals surface area (Å²) < 4.78 is 5.46. The predicted molar refractivity (Wildman–Crippen MR) is 105 cm³/mol. The number of rotatable bonds is 7. The van der Waals surface area contributed by atoms with Crippen molar-refractivity contribution in [2.24, 2.45) is 0 Å². The molecule has 0 saturated heterocycles. The molecule has 3 amide bonds. The van der Waals surface area contributed by atoms with Gasteiger partial charge in [-0.2, -0.15) is 0 Å². The van der Waals surface area contributed by atoms with Crippen LogP contribution in [0.5, 0.6) is 5.75 Å². The van der Waals surface area contributed by atoms with Crippen LogP contribution < -0.4 is 20.7 Å². The van der Waals surface area contributed by atoms with Gasteiger partial charge >= 0.3 is 6.03 Å². The fourth-order valence-corrected chi connectivity index (χ4v) is 3.26. The smallest absolute Gasteiger partial charge is 0.315 e. The molecule has 148 valence electrons. The summed E-state index contributed by atoms with van der Waals surface area (Å²) in [5.74, 6) is 0.381. The third-order valence-corrected chi connectivity index (χ3v) is 4.59. The Morgan fingerprint density at radius 2 is 1.96 bits per heavy atom. The molecule has 2 atom stereocenters. The lowest BCUT2D eigenvalue weighted by Crippen LogP contribution is -2.40. The third kappa shape index (κ3) is 5.01. The summed E-state index contributed by atoms with van der Waals surface area (Å²) in [5.41, 5.74) is 2.85. The van der Waals surface area contributed by atoms with Crippen molar-refractivity contribution in [1.82, 2.24) is 16.0 Å². The van der Waals surface area contributed by atoms with Gasteiger partial charge in [0.25, 0.3) is 5.91 Å². The minimum atomic E-state index is -0.630. The van der Waals surface area contributed by atoms with Crippen molar-refractivity contribution in [2.45, 2.75) is 32.0 Å². The average molecular weight is 383 g/mol. The molecule has 0 saturated carbocycles. The van der Waals surface area contributed by atoms with Crippen LogP contribution in [0.3, 0.4) is 0 Å². The number of urea groups is 1. The van der Waals surface area contributed by atoms with Gasteiger partial charge in [-0.05, 0) is 35.7 Å². The quantitative estimate of drug-likeness (QED) is 0.584. The van der Waals surface area contributed by atoms with Gasteiger partial charge in [-0.25, -0.2) is 4.79 Å². The summed E-state index contributed by atoms with van der Waals surface area (Å²) in [6, 6.07) is 14.1. The number of amides is 3. The highest BCUT2D eigenvalue weighted by Gasteiger charge is 2.31.